The Hall–Kier alpha value is -0.0600. The van der Waals surface area contributed by atoms with Crippen LogP contribution in [0.5, 0.6) is 0 Å². The maximum atomic E-state index is 10.5. The van der Waals surface area contributed by atoms with E-state index in [0.717, 1.165) is 19.3 Å². The zero-order chi connectivity index (χ0) is 12.4. The monoisotopic (exact) mass is 252 g/mol. The molecule has 0 aliphatic carbocycles. The molecule has 1 atom stereocenters. The zero-order valence-corrected chi connectivity index (χ0v) is 12.9. The van der Waals surface area contributed by atoms with Crippen LogP contribution in [-0.2, 0) is 9.59 Å². The Kier molecular flexibility index (Phi) is 14.1. The van der Waals surface area contributed by atoms with E-state index in [0.29, 0.717) is 6.42 Å². The van der Waals surface area contributed by atoms with E-state index < -0.39 is 17.9 Å². The Balaban J connectivity index is 0. The Bertz CT molecular complexity index is 205. The molecule has 0 saturated heterocycles. The molecule has 0 aliphatic rings. The molecular formula is C12H21NaO4. The van der Waals surface area contributed by atoms with Gasteiger partial charge in [-0.15, -0.1) is 0 Å². The average Bonchev–Trinajstić information content (AvgIpc) is 2.21. The molecule has 1 unspecified atom stereocenters. The van der Waals surface area contributed by atoms with Crippen molar-refractivity contribution in [2.75, 3.05) is 0 Å². The van der Waals surface area contributed by atoms with E-state index in [9.17, 15) is 14.7 Å². The molecular weight excluding hydrogens is 231 g/mol. The van der Waals surface area contributed by atoms with Crippen molar-refractivity contribution in [3.63, 3.8) is 0 Å². The Morgan fingerprint density at radius 3 is 1.94 bits per heavy atom. The van der Waals surface area contributed by atoms with Crippen LogP contribution in [0.15, 0.2) is 0 Å². The molecule has 0 spiro atoms. The molecule has 0 aromatic carbocycles. The van der Waals surface area contributed by atoms with Crippen molar-refractivity contribution >= 4 is 11.9 Å². The number of unbranched alkanes of at least 4 members (excludes halogenated alkanes) is 6. The number of hydrogen-bond acceptors (Lipinski definition) is 3. The molecule has 0 saturated carbocycles. The number of rotatable bonds is 10. The molecule has 5 heteroatoms. The van der Waals surface area contributed by atoms with Crippen molar-refractivity contribution < 1.29 is 49.4 Å². The van der Waals surface area contributed by atoms with Crippen LogP contribution in [0.1, 0.15) is 58.3 Å². The SMILES string of the molecule is CCCCCCCCCC(C(=O)[O-])C(=O)O.[Na+]. The quantitative estimate of drug-likeness (QED) is 0.294. The first kappa shape index (κ1) is 19.3. The molecule has 0 bridgehead atoms. The fourth-order valence-corrected chi connectivity index (χ4v) is 1.65. The van der Waals surface area contributed by atoms with Crippen LogP contribution < -0.4 is 34.7 Å². The van der Waals surface area contributed by atoms with Crippen molar-refractivity contribution in [2.24, 2.45) is 5.92 Å². The van der Waals surface area contributed by atoms with E-state index >= 15 is 0 Å². The molecule has 0 radical (unpaired) electrons. The maximum Gasteiger partial charge on any atom is 1.00 e. The molecule has 1 N–H and O–H groups in total. The molecule has 94 valence electrons. The minimum Gasteiger partial charge on any atom is -0.549 e. The van der Waals surface area contributed by atoms with Gasteiger partial charge in [0.15, 0.2) is 0 Å². The molecule has 0 heterocycles. The Morgan fingerprint density at radius 1 is 1.06 bits per heavy atom. The number of carboxylic acid groups (broad SMARTS) is 2. The summed E-state index contributed by atoms with van der Waals surface area (Å²) in [4.78, 5) is 21.0. The van der Waals surface area contributed by atoms with Gasteiger partial charge in [-0.25, -0.2) is 0 Å². The van der Waals surface area contributed by atoms with Crippen LogP contribution in [0.2, 0.25) is 0 Å². The van der Waals surface area contributed by atoms with Crippen LogP contribution in [0.4, 0.5) is 0 Å². The van der Waals surface area contributed by atoms with Crippen molar-refractivity contribution in [3.05, 3.63) is 0 Å². The second-order valence-electron chi connectivity index (χ2n) is 4.12. The average molecular weight is 252 g/mol. The zero-order valence-electron chi connectivity index (χ0n) is 10.9. The van der Waals surface area contributed by atoms with E-state index in [2.05, 4.69) is 6.92 Å². The van der Waals surface area contributed by atoms with Crippen LogP contribution in [0.25, 0.3) is 0 Å². The molecule has 17 heavy (non-hydrogen) atoms. The molecule has 0 aromatic rings. The first-order chi connectivity index (χ1) is 7.59. The van der Waals surface area contributed by atoms with Crippen molar-refractivity contribution in [1.82, 2.24) is 0 Å². The molecule has 0 fully saturated rings. The van der Waals surface area contributed by atoms with Crippen molar-refractivity contribution in [3.8, 4) is 0 Å². The van der Waals surface area contributed by atoms with Gasteiger partial charge in [0.2, 0.25) is 0 Å². The summed E-state index contributed by atoms with van der Waals surface area (Å²) in [5, 5.41) is 19.0. The third kappa shape index (κ3) is 10.8. The summed E-state index contributed by atoms with van der Waals surface area (Å²) in [6.45, 7) is 2.15. The topological polar surface area (TPSA) is 77.4 Å². The van der Waals surface area contributed by atoms with Gasteiger partial charge in [0, 0.05) is 0 Å². The molecule has 0 amide bonds. The first-order valence-corrected chi connectivity index (χ1v) is 6.03. The summed E-state index contributed by atoms with van der Waals surface area (Å²) in [6, 6.07) is 0. The summed E-state index contributed by atoms with van der Waals surface area (Å²) in [6.07, 6.45) is 7.58. The van der Waals surface area contributed by atoms with Crippen LogP contribution in [-0.4, -0.2) is 17.0 Å². The number of carbonyl (C=O) groups is 2. The summed E-state index contributed by atoms with van der Waals surface area (Å²) in [7, 11) is 0. The molecule has 0 rings (SSSR count). The second-order valence-corrected chi connectivity index (χ2v) is 4.12. The maximum absolute atomic E-state index is 10.5. The normalized spacial score (nSPS) is 11.6. The van der Waals surface area contributed by atoms with E-state index in [-0.39, 0.29) is 36.0 Å². The van der Waals surface area contributed by atoms with E-state index in [1.54, 1.807) is 0 Å². The fraction of sp³-hybridized carbons (Fsp3) is 0.833. The van der Waals surface area contributed by atoms with Gasteiger partial charge < -0.3 is 15.0 Å². The molecule has 0 aliphatic heterocycles. The predicted molar refractivity (Wildman–Crippen MR) is 58.7 cm³/mol. The number of carboxylic acids is 2. The Labute approximate surface area is 125 Å². The molecule has 0 aromatic heterocycles. The standard InChI is InChI=1S/C12H22O4.Na/c1-2-3-4-5-6-7-8-9-10(11(13)14)12(15)16;/h10H,2-9H2,1H3,(H,13,14)(H,15,16);/q;+1/p-1. The fourth-order valence-electron chi connectivity index (χ4n) is 1.65. The minimum absolute atomic E-state index is 0. The van der Waals surface area contributed by atoms with Gasteiger partial charge in [-0.3, -0.25) is 4.79 Å². The van der Waals surface area contributed by atoms with Gasteiger partial charge in [0.05, 0.1) is 11.9 Å². The summed E-state index contributed by atoms with van der Waals surface area (Å²) < 4.78 is 0. The van der Waals surface area contributed by atoms with Crippen molar-refractivity contribution in [1.29, 1.82) is 0 Å². The van der Waals surface area contributed by atoms with Crippen LogP contribution >= 0.6 is 0 Å². The smallest absolute Gasteiger partial charge is 0.549 e. The summed E-state index contributed by atoms with van der Waals surface area (Å²) in [5.41, 5.74) is 0. The minimum atomic E-state index is -1.47. The van der Waals surface area contributed by atoms with Gasteiger partial charge in [-0.05, 0) is 6.42 Å². The first-order valence-electron chi connectivity index (χ1n) is 6.03. The van der Waals surface area contributed by atoms with Crippen molar-refractivity contribution in [2.45, 2.75) is 58.3 Å². The largest absolute Gasteiger partial charge is 1.00 e. The van der Waals surface area contributed by atoms with E-state index in [1.807, 2.05) is 0 Å². The Morgan fingerprint density at radius 2 is 1.53 bits per heavy atom. The molecule has 4 nitrogen and oxygen atoms in total. The second kappa shape index (κ2) is 12.4. The third-order valence-corrected chi connectivity index (χ3v) is 2.68. The van der Waals surface area contributed by atoms with Gasteiger partial charge >= 0.3 is 35.5 Å². The van der Waals surface area contributed by atoms with Gasteiger partial charge in [-0.1, -0.05) is 51.9 Å². The van der Waals surface area contributed by atoms with E-state index in [4.69, 9.17) is 5.11 Å². The third-order valence-electron chi connectivity index (χ3n) is 2.68. The van der Waals surface area contributed by atoms with Gasteiger partial charge in [0.25, 0.3) is 0 Å². The number of aliphatic carboxylic acids is 2. The van der Waals surface area contributed by atoms with E-state index in [1.165, 1.54) is 19.3 Å². The van der Waals surface area contributed by atoms with Crippen LogP contribution in [0, 0.1) is 5.92 Å². The summed E-state index contributed by atoms with van der Waals surface area (Å²) >= 11 is 0. The number of carbonyl (C=O) groups excluding carboxylic acids is 1. The van der Waals surface area contributed by atoms with Gasteiger partial charge in [-0.2, -0.15) is 0 Å². The summed E-state index contributed by atoms with van der Waals surface area (Å²) in [5.74, 6) is -4.10. The number of hydrogen-bond donors (Lipinski definition) is 1. The van der Waals surface area contributed by atoms with Gasteiger partial charge in [0.1, 0.15) is 0 Å². The van der Waals surface area contributed by atoms with Crippen LogP contribution in [0.3, 0.4) is 0 Å². The predicted octanol–water partition coefficient (Wildman–Crippen LogP) is -1.42.